The molecule has 0 bridgehead atoms. The summed E-state index contributed by atoms with van der Waals surface area (Å²) in [6.07, 6.45) is 2.65. The van der Waals surface area contributed by atoms with Gasteiger partial charge in [-0.2, -0.15) is 0 Å². The molecule has 26 heavy (non-hydrogen) atoms. The van der Waals surface area contributed by atoms with Crippen molar-refractivity contribution in [1.82, 2.24) is 14.9 Å². The molecule has 2 aromatic rings. The number of aromatic nitrogens is 2. The van der Waals surface area contributed by atoms with Crippen molar-refractivity contribution < 1.29 is 9.47 Å². The predicted molar refractivity (Wildman–Crippen MR) is 101 cm³/mol. The van der Waals surface area contributed by atoms with Gasteiger partial charge >= 0.3 is 0 Å². The molecule has 0 radical (unpaired) electrons. The molecule has 138 valence electrons. The van der Waals surface area contributed by atoms with Crippen LogP contribution in [0.15, 0.2) is 24.5 Å². The van der Waals surface area contributed by atoms with Crippen molar-refractivity contribution in [1.29, 1.82) is 0 Å². The average molecular weight is 354 g/mol. The fraction of sp³-hybridized carbons (Fsp3) is 0.500. The second kappa shape index (κ2) is 7.11. The molecule has 2 aliphatic rings. The molecule has 1 atom stereocenters. The van der Waals surface area contributed by atoms with Crippen LogP contribution in [0.3, 0.4) is 0 Å². The summed E-state index contributed by atoms with van der Waals surface area (Å²) in [6, 6.07) is 6.35. The van der Waals surface area contributed by atoms with Crippen LogP contribution in [-0.4, -0.2) is 41.7 Å². The largest absolute Gasteiger partial charge is 0.486 e. The minimum Gasteiger partial charge on any atom is -0.486 e. The van der Waals surface area contributed by atoms with Gasteiger partial charge in [0.05, 0.1) is 11.7 Å². The maximum Gasteiger partial charge on any atom is 0.161 e. The SMILES string of the molecule is CC(C)C(Nc1ncnc2c1CN(C)CC2)c1ccc2c(c1)OCCO2. The topological polar surface area (TPSA) is 59.5 Å². The van der Waals surface area contributed by atoms with E-state index in [0.29, 0.717) is 19.1 Å². The number of likely N-dealkylation sites (N-methyl/N-ethyl adjacent to an activating group) is 1. The third-order valence-corrected chi connectivity index (χ3v) is 5.08. The van der Waals surface area contributed by atoms with Gasteiger partial charge < -0.3 is 19.7 Å². The van der Waals surface area contributed by atoms with Crippen molar-refractivity contribution in [2.75, 3.05) is 32.1 Å². The van der Waals surface area contributed by atoms with Crippen LogP contribution < -0.4 is 14.8 Å². The molecular formula is C20H26N4O2. The molecule has 6 heteroatoms. The number of hydrogen-bond donors (Lipinski definition) is 1. The highest BCUT2D eigenvalue weighted by Gasteiger charge is 2.24. The summed E-state index contributed by atoms with van der Waals surface area (Å²) in [5.41, 5.74) is 3.55. The molecular weight excluding hydrogens is 328 g/mol. The lowest BCUT2D eigenvalue weighted by atomic mass is 9.95. The molecule has 3 heterocycles. The fourth-order valence-electron chi connectivity index (χ4n) is 3.64. The minimum absolute atomic E-state index is 0.136. The Labute approximate surface area is 154 Å². The molecule has 2 aliphatic heterocycles. The van der Waals surface area contributed by atoms with E-state index in [1.807, 2.05) is 6.07 Å². The third-order valence-electron chi connectivity index (χ3n) is 5.08. The molecule has 1 aromatic heterocycles. The van der Waals surface area contributed by atoms with Crippen LogP contribution in [0.25, 0.3) is 0 Å². The van der Waals surface area contributed by atoms with Gasteiger partial charge in [0, 0.05) is 25.1 Å². The van der Waals surface area contributed by atoms with Crippen LogP contribution in [0, 0.1) is 5.92 Å². The van der Waals surface area contributed by atoms with Crippen LogP contribution in [0.2, 0.25) is 0 Å². The van der Waals surface area contributed by atoms with E-state index in [-0.39, 0.29) is 6.04 Å². The van der Waals surface area contributed by atoms with Crippen molar-refractivity contribution in [2.24, 2.45) is 5.92 Å². The van der Waals surface area contributed by atoms with E-state index in [1.54, 1.807) is 6.33 Å². The summed E-state index contributed by atoms with van der Waals surface area (Å²) >= 11 is 0. The van der Waals surface area contributed by atoms with E-state index in [9.17, 15) is 0 Å². The quantitative estimate of drug-likeness (QED) is 0.911. The molecule has 4 rings (SSSR count). The summed E-state index contributed by atoms with van der Waals surface area (Å²) in [7, 11) is 2.14. The van der Waals surface area contributed by atoms with Crippen molar-refractivity contribution in [2.45, 2.75) is 32.9 Å². The molecule has 0 spiro atoms. The Bertz CT molecular complexity index is 793. The van der Waals surface area contributed by atoms with Crippen molar-refractivity contribution in [3.05, 3.63) is 41.3 Å². The number of ether oxygens (including phenoxy) is 2. The Kier molecular flexibility index (Phi) is 4.68. The molecule has 0 saturated carbocycles. The summed E-state index contributed by atoms with van der Waals surface area (Å²) in [5.74, 6) is 2.98. The Balaban J connectivity index is 1.65. The summed E-state index contributed by atoms with van der Waals surface area (Å²) in [6.45, 7) is 7.56. The Morgan fingerprint density at radius 1 is 1.12 bits per heavy atom. The first-order valence-corrected chi connectivity index (χ1v) is 9.29. The fourth-order valence-corrected chi connectivity index (χ4v) is 3.64. The highest BCUT2D eigenvalue weighted by Crippen LogP contribution is 2.36. The normalized spacial score (nSPS) is 17.7. The van der Waals surface area contributed by atoms with Gasteiger partial charge in [0.15, 0.2) is 11.5 Å². The maximum absolute atomic E-state index is 5.76. The number of nitrogens with one attached hydrogen (secondary N) is 1. The predicted octanol–water partition coefficient (Wildman–Crippen LogP) is 3.04. The Hall–Kier alpha value is -2.34. The van der Waals surface area contributed by atoms with Gasteiger partial charge in [0.2, 0.25) is 0 Å². The van der Waals surface area contributed by atoms with Gasteiger partial charge in [0.25, 0.3) is 0 Å². The second-order valence-electron chi connectivity index (χ2n) is 7.40. The monoisotopic (exact) mass is 354 g/mol. The first-order valence-electron chi connectivity index (χ1n) is 9.29. The minimum atomic E-state index is 0.136. The van der Waals surface area contributed by atoms with E-state index >= 15 is 0 Å². The van der Waals surface area contributed by atoms with Gasteiger partial charge in [-0.15, -0.1) is 0 Å². The van der Waals surface area contributed by atoms with E-state index in [2.05, 4.69) is 53.2 Å². The molecule has 0 amide bonds. The van der Waals surface area contributed by atoms with Gasteiger partial charge in [-0.3, -0.25) is 0 Å². The number of anilines is 1. The van der Waals surface area contributed by atoms with E-state index in [0.717, 1.165) is 42.5 Å². The Morgan fingerprint density at radius 3 is 2.73 bits per heavy atom. The van der Waals surface area contributed by atoms with Gasteiger partial charge in [-0.25, -0.2) is 9.97 Å². The first kappa shape index (κ1) is 17.1. The lowest BCUT2D eigenvalue weighted by Crippen LogP contribution is -2.29. The molecule has 0 fully saturated rings. The van der Waals surface area contributed by atoms with Crippen LogP contribution in [-0.2, 0) is 13.0 Å². The molecule has 6 nitrogen and oxygen atoms in total. The molecule has 1 N–H and O–H groups in total. The maximum atomic E-state index is 5.76. The van der Waals surface area contributed by atoms with Crippen LogP contribution >= 0.6 is 0 Å². The van der Waals surface area contributed by atoms with Crippen molar-refractivity contribution in [3.8, 4) is 11.5 Å². The summed E-state index contributed by atoms with van der Waals surface area (Å²) in [4.78, 5) is 11.4. The van der Waals surface area contributed by atoms with Gasteiger partial charge in [-0.05, 0) is 30.7 Å². The lowest BCUT2D eigenvalue weighted by Gasteiger charge is -2.29. The molecule has 0 aliphatic carbocycles. The number of fused-ring (bicyclic) bond motifs is 2. The average Bonchev–Trinajstić information content (AvgIpc) is 2.65. The van der Waals surface area contributed by atoms with E-state index in [1.165, 1.54) is 11.1 Å². The number of nitrogens with zero attached hydrogens (tertiary/aromatic N) is 3. The highest BCUT2D eigenvalue weighted by molar-refractivity contribution is 5.51. The van der Waals surface area contributed by atoms with E-state index in [4.69, 9.17) is 9.47 Å². The lowest BCUT2D eigenvalue weighted by molar-refractivity contribution is 0.171. The van der Waals surface area contributed by atoms with Gasteiger partial charge in [-0.1, -0.05) is 19.9 Å². The standard InChI is InChI=1S/C20H26N4O2/c1-13(2)19(14-4-5-17-18(10-14)26-9-8-25-17)23-20-15-11-24(3)7-6-16(15)21-12-22-20/h4-5,10,12-13,19H,6-9,11H2,1-3H3,(H,21,22,23). The third kappa shape index (κ3) is 3.33. The molecule has 1 unspecified atom stereocenters. The zero-order valence-electron chi connectivity index (χ0n) is 15.7. The molecule has 0 saturated heterocycles. The van der Waals surface area contributed by atoms with Crippen LogP contribution in [0.5, 0.6) is 11.5 Å². The smallest absolute Gasteiger partial charge is 0.161 e. The summed E-state index contributed by atoms with van der Waals surface area (Å²) < 4.78 is 11.4. The van der Waals surface area contributed by atoms with Gasteiger partial charge in [0.1, 0.15) is 25.4 Å². The van der Waals surface area contributed by atoms with Crippen molar-refractivity contribution in [3.63, 3.8) is 0 Å². The Morgan fingerprint density at radius 2 is 1.92 bits per heavy atom. The number of rotatable bonds is 4. The highest BCUT2D eigenvalue weighted by atomic mass is 16.6. The van der Waals surface area contributed by atoms with E-state index < -0.39 is 0 Å². The van der Waals surface area contributed by atoms with Crippen LogP contribution in [0.4, 0.5) is 5.82 Å². The zero-order valence-corrected chi connectivity index (χ0v) is 15.7. The second-order valence-corrected chi connectivity index (χ2v) is 7.40. The number of benzene rings is 1. The van der Waals surface area contributed by atoms with Crippen LogP contribution in [0.1, 0.15) is 36.7 Å². The number of hydrogen-bond acceptors (Lipinski definition) is 6. The zero-order chi connectivity index (χ0) is 18.1. The molecule has 1 aromatic carbocycles. The van der Waals surface area contributed by atoms with Crippen molar-refractivity contribution >= 4 is 5.82 Å². The summed E-state index contributed by atoms with van der Waals surface area (Å²) in [5, 5.41) is 3.68. The first-order chi connectivity index (χ1) is 12.6.